The minimum Gasteiger partial charge on any atom is -0.462 e. The van der Waals surface area contributed by atoms with Crippen molar-refractivity contribution in [3.8, 4) is 0 Å². The Balaban J connectivity index is 1.32. The van der Waals surface area contributed by atoms with Crippen molar-refractivity contribution in [3.05, 3.63) is 71.3 Å². The second-order valence-corrected chi connectivity index (χ2v) is 8.02. The molecule has 4 aliphatic rings. The predicted molar refractivity (Wildman–Crippen MR) is 108 cm³/mol. The first-order valence-corrected chi connectivity index (χ1v) is 10.6. The van der Waals surface area contributed by atoms with Crippen molar-refractivity contribution in [1.29, 1.82) is 0 Å². The number of hydrogen-bond acceptors (Lipinski definition) is 6. The first kappa shape index (κ1) is 19.7. The third-order valence-electron chi connectivity index (χ3n) is 5.87. The molecule has 0 radical (unpaired) electrons. The zero-order valence-corrected chi connectivity index (χ0v) is 16.8. The normalized spacial score (nSPS) is 31.2. The van der Waals surface area contributed by atoms with E-state index in [1.165, 1.54) is 0 Å². The molecule has 6 nitrogen and oxygen atoms in total. The van der Waals surface area contributed by atoms with Gasteiger partial charge in [-0.15, -0.1) is 0 Å². The van der Waals surface area contributed by atoms with Gasteiger partial charge in [0.2, 0.25) is 0 Å². The van der Waals surface area contributed by atoms with Crippen LogP contribution in [0.15, 0.2) is 54.6 Å². The standard InChI is InChI=1S/C24H26O6/c25-23-17-8-10-18(11-9-17)24-28-15-22(30-24)20(27-14-16-5-2-1-3-6-16)13-21-19(29-21)7-4-12-26-23/h1-3,5-6,8-11,19-22,24H,4,7,12-15H2/t19-,20+,21-,22-,24-/m1/s1. The summed E-state index contributed by atoms with van der Waals surface area (Å²) in [6.45, 7) is 1.39. The van der Waals surface area contributed by atoms with Gasteiger partial charge in [0, 0.05) is 12.0 Å². The van der Waals surface area contributed by atoms with Crippen molar-refractivity contribution in [1.82, 2.24) is 0 Å². The van der Waals surface area contributed by atoms with Gasteiger partial charge in [-0.3, -0.25) is 0 Å². The van der Waals surface area contributed by atoms with Gasteiger partial charge in [-0.1, -0.05) is 42.5 Å². The van der Waals surface area contributed by atoms with Gasteiger partial charge in [0.15, 0.2) is 6.29 Å². The number of rotatable bonds is 3. The molecule has 2 fully saturated rings. The van der Waals surface area contributed by atoms with Crippen molar-refractivity contribution < 1.29 is 28.5 Å². The first-order chi connectivity index (χ1) is 14.8. The van der Waals surface area contributed by atoms with E-state index in [1.807, 2.05) is 30.3 Å². The van der Waals surface area contributed by atoms with E-state index in [9.17, 15) is 4.79 Å². The molecule has 5 atom stereocenters. The average Bonchev–Trinajstić information content (AvgIpc) is 3.33. The molecule has 0 N–H and O–H groups in total. The molecule has 6 heteroatoms. The maximum Gasteiger partial charge on any atom is 0.338 e. The molecule has 4 heterocycles. The summed E-state index contributed by atoms with van der Waals surface area (Å²) in [5.74, 6) is -0.303. The number of carbonyl (C=O) groups is 1. The number of epoxide rings is 1. The minimum absolute atomic E-state index is 0.116. The Morgan fingerprint density at radius 2 is 1.77 bits per heavy atom. The van der Waals surface area contributed by atoms with E-state index >= 15 is 0 Å². The van der Waals surface area contributed by atoms with Crippen LogP contribution in [0.2, 0.25) is 0 Å². The molecule has 158 valence electrons. The molecule has 0 aliphatic carbocycles. The molecule has 0 amide bonds. The van der Waals surface area contributed by atoms with Gasteiger partial charge in [0.05, 0.1) is 43.7 Å². The second-order valence-electron chi connectivity index (χ2n) is 8.02. The van der Waals surface area contributed by atoms with Crippen molar-refractivity contribution in [2.24, 2.45) is 0 Å². The van der Waals surface area contributed by atoms with E-state index in [4.69, 9.17) is 23.7 Å². The lowest BCUT2D eigenvalue weighted by Gasteiger charge is -2.23. The number of benzene rings is 2. The van der Waals surface area contributed by atoms with Gasteiger partial charge in [0.25, 0.3) is 0 Å². The largest absolute Gasteiger partial charge is 0.462 e. The van der Waals surface area contributed by atoms with Crippen LogP contribution in [0.25, 0.3) is 0 Å². The highest BCUT2D eigenvalue weighted by atomic mass is 16.7. The Labute approximate surface area is 176 Å². The van der Waals surface area contributed by atoms with Gasteiger partial charge >= 0.3 is 5.97 Å². The number of ether oxygens (including phenoxy) is 5. The molecule has 6 rings (SSSR count). The van der Waals surface area contributed by atoms with Crippen LogP contribution in [0, 0.1) is 0 Å². The fourth-order valence-electron chi connectivity index (χ4n) is 4.07. The van der Waals surface area contributed by atoms with E-state index < -0.39 is 6.29 Å². The van der Waals surface area contributed by atoms with Gasteiger partial charge in [0.1, 0.15) is 6.10 Å². The van der Waals surface area contributed by atoms with Gasteiger partial charge < -0.3 is 23.7 Å². The van der Waals surface area contributed by atoms with Crippen LogP contribution in [-0.2, 0) is 30.3 Å². The zero-order chi connectivity index (χ0) is 20.3. The maximum absolute atomic E-state index is 12.2. The quantitative estimate of drug-likeness (QED) is 0.567. The Morgan fingerprint density at radius 1 is 0.933 bits per heavy atom. The monoisotopic (exact) mass is 410 g/mol. The van der Waals surface area contributed by atoms with Crippen LogP contribution in [0.3, 0.4) is 0 Å². The zero-order valence-electron chi connectivity index (χ0n) is 16.8. The van der Waals surface area contributed by atoms with Crippen molar-refractivity contribution in [2.75, 3.05) is 13.2 Å². The minimum atomic E-state index is -0.466. The Hall–Kier alpha value is -2.25. The van der Waals surface area contributed by atoms with E-state index in [0.29, 0.717) is 25.4 Å². The number of fused-ring (bicyclic) bond motifs is 7. The summed E-state index contributed by atoms with van der Waals surface area (Å²) in [6, 6.07) is 17.4. The summed E-state index contributed by atoms with van der Waals surface area (Å²) >= 11 is 0. The number of carbonyl (C=O) groups excluding carboxylic acids is 1. The summed E-state index contributed by atoms with van der Waals surface area (Å²) in [7, 11) is 0. The molecule has 2 saturated heterocycles. The molecule has 4 bridgehead atoms. The molecule has 2 aromatic rings. The SMILES string of the molecule is O=C1OCCC[C@H]2O[C@@H]2C[C@H](OCc2ccccc2)[C@H]2CO[C@H](O2)c2ccc1cc2. The Bertz CT molecular complexity index is 852. The Kier molecular flexibility index (Phi) is 5.82. The van der Waals surface area contributed by atoms with Gasteiger partial charge in [-0.25, -0.2) is 4.79 Å². The average molecular weight is 410 g/mol. The highest BCUT2D eigenvalue weighted by Crippen LogP contribution is 2.36. The molecular formula is C24H26O6. The summed E-state index contributed by atoms with van der Waals surface area (Å²) in [4.78, 5) is 12.2. The van der Waals surface area contributed by atoms with Crippen LogP contribution in [0.4, 0.5) is 0 Å². The molecule has 0 spiro atoms. The summed E-state index contributed by atoms with van der Waals surface area (Å²) in [6.07, 6.45) is 2.00. The summed E-state index contributed by atoms with van der Waals surface area (Å²) < 4.78 is 29.7. The van der Waals surface area contributed by atoms with E-state index in [-0.39, 0.29) is 30.4 Å². The van der Waals surface area contributed by atoms with Gasteiger partial charge in [-0.2, -0.15) is 0 Å². The van der Waals surface area contributed by atoms with Crippen LogP contribution in [0.1, 0.15) is 47.0 Å². The first-order valence-electron chi connectivity index (χ1n) is 10.6. The predicted octanol–water partition coefficient (Wildman–Crippen LogP) is 3.79. The lowest BCUT2D eigenvalue weighted by molar-refractivity contribution is -0.103. The van der Waals surface area contributed by atoms with Crippen molar-refractivity contribution in [2.45, 2.75) is 56.6 Å². The molecule has 0 aromatic heterocycles. The summed E-state index contributed by atoms with van der Waals surface area (Å²) in [5, 5.41) is 0. The lowest BCUT2D eigenvalue weighted by Crippen LogP contribution is -2.32. The molecule has 4 aliphatic heterocycles. The fraction of sp³-hybridized carbons (Fsp3) is 0.458. The fourth-order valence-corrected chi connectivity index (χ4v) is 4.07. The maximum atomic E-state index is 12.2. The Morgan fingerprint density at radius 3 is 2.60 bits per heavy atom. The molecule has 2 aromatic carbocycles. The van der Waals surface area contributed by atoms with E-state index in [1.54, 1.807) is 12.1 Å². The van der Waals surface area contributed by atoms with Crippen LogP contribution >= 0.6 is 0 Å². The van der Waals surface area contributed by atoms with Crippen LogP contribution in [0.5, 0.6) is 0 Å². The third-order valence-corrected chi connectivity index (χ3v) is 5.87. The van der Waals surface area contributed by atoms with Crippen molar-refractivity contribution >= 4 is 5.97 Å². The van der Waals surface area contributed by atoms with Crippen molar-refractivity contribution in [3.63, 3.8) is 0 Å². The third kappa shape index (κ3) is 4.57. The van der Waals surface area contributed by atoms with Crippen LogP contribution < -0.4 is 0 Å². The second kappa shape index (κ2) is 8.86. The number of hydrogen-bond donors (Lipinski definition) is 0. The highest BCUT2D eigenvalue weighted by Gasteiger charge is 2.43. The molecule has 30 heavy (non-hydrogen) atoms. The summed E-state index contributed by atoms with van der Waals surface area (Å²) in [5.41, 5.74) is 2.54. The molecule has 0 unspecified atom stereocenters. The van der Waals surface area contributed by atoms with Gasteiger partial charge in [-0.05, 0) is 30.5 Å². The van der Waals surface area contributed by atoms with E-state index in [0.717, 1.165) is 30.4 Å². The van der Waals surface area contributed by atoms with E-state index in [2.05, 4.69) is 12.1 Å². The lowest BCUT2D eigenvalue weighted by atomic mass is 10.0. The van der Waals surface area contributed by atoms with Crippen LogP contribution in [-0.4, -0.2) is 43.6 Å². The topological polar surface area (TPSA) is 66.5 Å². The number of esters is 1. The highest BCUT2D eigenvalue weighted by molar-refractivity contribution is 5.89. The molecular weight excluding hydrogens is 384 g/mol. The smallest absolute Gasteiger partial charge is 0.338 e. The molecule has 0 saturated carbocycles.